The molecule has 0 saturated heterocycles. The van der Waals surface area contributed by atoms with E-state index in [1.54, 1.807) is 19.1 Å². The predicted octanol–water partition coefficient (Wildman–Crippen LogP) is 4.46. The second-order valence-corrected chi connectivity index (χ2v) is 6.12. The van der Waals surface area contributed by atoms with Gasteiger partial charge in [-0.1, -0.05) is 24.3 Å². The summed E-state index contributed by atoms with van der Waals surface area (Å²) < 4.78 is 16.7. The third-order valence-electron chi connectivity index (χ3n) is 4.23. The van der Waals surface area contributed by atoms with Gasteiger partial charge in [0.25, 0.3) is 0 Å². The molecule has 0 spiro atoms. The molecule has 5 nitrogen and oxygen atoms in total. The van der Waals surface area contributed by atoms with E-state index in [1.807, 2.05) is 30.3 Å². The lowest BCUT2D eigenvalue weighted by molar-refractivity contribution is -0.145. The number of fused-ring (bicyclic) bond motifs is 1. The van der Waals surface area contributed by atoms with Gasteiger partial charge in [0.1, 0.15) is 24.2 Å². The maximum Gasteiger partial charge on any atom is 0.309 e. The Morgan fingerprint density at radius 2 is 2.08 bits per heavy atom. The van der Waals surface area contributed by atoms with Crippen LogP contribution in [-0.2, 0) is 22.6 Å². The molecule has 1 heterocycles. The lowest BCUT2D eigenvalue weighted by atomic mass is 10.0. The van der Waals surface area contributed by atoms with Crippen LogP contribution in [0.25, 0.3) is 4.85 Å². The van der Waals surface area contributed by atoms with Gasteiger partial charge in [-0.05, 0) is 49.1 Å². The number of hydrogen-bond donors (Lipinski definition) is 0. The zero-order valence-electron chi connectivity index (χ0n) is 14.7. The van der Waals surface area contributed by atoms with Crippen LogP contribution in [0.1, 0.15) is 30.9 Å². The number of benzene rings is 2. The second kappa shape index (κ2) is 8.39. The average molecular weight is 351 g/mol. The van der Waals surface area contributed by atoms with Gasteiger partial charge in [-0.25, -0.2) is 4.85 Å². The highest BCUT2D eigenvalue weighted by atomic mass is 16.5. The molecule has 5 heteroatoms. The molecule has 1 atom stereocenters. The molecule has 2 aromatic carbocycles. The lowest BCUT2D eigenvalue weighted by Gasteiger charge is -2.26. The van der Waals surface area contributed by atoms with Gasteiger partial charge < -0.3 is 14.2 Å². The Hall–Kier alpha value is -3.00. The van der Waals surface area contributed by atoms with Crippen molar-refractivity contribution >= 4 is 11.7 Å². The highest BCUT2D eigenvalue weighted by Gasteiger charge is 2.23. The number of hydrogen-bond acceptors (Lipinski definition) is 4. The summed E-state index contributed by atoms with van der Waals surface area (Å²) in [5.41, 5.74) is 2.73. The van der Waals surface area contributed by atoms with Crippen molar-refractivity contribution in [2.75, 3.05) is 6.61 Å². The molecule has 0 N–H and O–H groups in total. The summed E-state index contributed by atoms with van der Waals surface area (Å²) in [5.74, 6) is 1.37. The largest absolute Gasteiger partial charge is 0.490 e. The summed E-state index contributed by atoms with van der Waals surface area (Å²) in [6, 6.07) is 13.1. The molecule has 2 aromatic rings. The second-order valence-electron chi connectivity index (χ2n) is 6.12. The fraction of sp³-hybridized carbons (Fsp3) is 0.333. The first-order valence-corrected chi connectivity index (χ1v) is 8.72. The molecule has 0 bridgehead atoms. The smallest absolute Gasteiger partial charge is 0.309 e. The number of nitrogens with zero attached hydrogens (tertiary/aromatic N) is 1. The minimum atomic E-state index is -0.217. The van der Waals surface area contributed by atoms with Crippen LogP contribution in [0.2, 0.25) is 0 Å². The number of ether oxygens (including phenoxy) is 3. The van der Waals surface area contributed by atoms with Crippen LogP contribution in [-0.4, -0.2) is 18.7 Å². The summed E-state index contributed by atoms with van der Waals surface area (Å²) in [5, 5.41) is 0. The molecule has 0 radical (unpaired) electrons. The summed E-state index contributed by atoms with van der Waals surface area (Å²) >= 11 is 0. The van der Waals surface area contributed by atoms with E-state index in [0.717, 1.165) is 35.5 Å². The van der Waals surface area contributed by atoms with Crippen molar-refractivity contribution in [2.45, 2.75) is 38.9 Å². The monoisotopic (exact) mass is 351 g/mol. The van der Waals surface area contributed by atoms with Crippen molar-refractivity contribution < 1.29 is 19.0 Å². The van der Waals surface area contributed by atoms with Crippen molar-refractivity contribution in [2.24, 2.45) is 0 Å². The molecular weight excluding hydrogens is 330 g/mol. The van der Waals surface area contributed by atoms with Crippen LogP contribution in [0.15, 0.2) is 42.5 Å². The molecule has 0 amide bonds. The van der Waals surface area contributed by atoms with Crippen LogP contribution in [0, 0.1) is 6.57 Å². The van der Waals surface area contributed by atoms with Gasteiger partial charge in [-0.15, -0.1) is 0 Å². The fourth-order valence-corrected chi connectivity index (χ4v) is 2.89. The van der Waals surface area contributed by atoms with E-state index in [2.05, 4.69) is 4.85 Å². The summed E-state index contributed by atoms with van der Waals surface area (Å²) in [7, 11) is 0. The van der Waals surface area contributed by atoms with E-state index in [-0.39, 0.29) is 18.5 Å². The molecule has 0 fully saturated rings. The maximum absolute atomic E-state index is 11.6. The zero-order chi connectivity index (χ0) is 18.4. The molecule has 1 aliphatic heterocycles. The number of carbonyl (C=O) groups is 1. The summed E-state index contributed by atoms with van der Waals surface area (Å²) in [6.45, 7) is 9.61. The molecule has 1 unspecified atom stereocenters. The Labute approximate surface area is 153 Å². The predicted molar refractivity (Wildman–Crippen MR) is 97.5 cm³/mol. The van der Waals surface area contributed by atoms with Crippen molar-refractivity contribution in [3.8, 4) is 11.5 Å². The van der Waals surface area contributed by atoms with Gasteiger partial charge in [0.05, 0.1) is 19.6 Å². The van der Waals surface area contributed by atoms with E-state index in [1.165, 1.54) is 0 Å². The molecule has 3 rings (SSSR count). The van der Waals surface area contributed by atoms with Gasteiger partial charge in [0.15, 0.2) is 5.69 Å². The average Bonchev–Trinajstić information content (AvgIpc) is 2.67. The van der Waals surface area contributed by atoms with E-state index >= 15 is 0 Å². The molecular formula is C21H21NO4. The SMILES string of the molecule is [C-]#[N+]c1ccc(COc2ccc3c(c2)CCC(CC(=O)OCC)O3)cc1. The maximum atomic E-state index is 11.6. The first-order chi connectivity index (χ1) is 12.7. The Morgan fingerprint density at radius 1 is 1.27 bits per heavy atom. The van der Waals surface area contributed by atoms with E-state index in [0.29, 0.717) is 18.9 Å². The van der Waals surface area contributed by atoms with Crippen molar-refractivity contribution in [3.63, 3.8) is 0 Å². The van der Waals surface area contributed by atoms with Gasteiger partial charge in [0, 0.05) is 0 Å². The minimum absolute atomic E-state index is 0.130. The third kappa shape index (κ3) is 4.54. The molecule has 0 saturated carbocycles. The van der Waals surface area contributed by atoms with Gasteiger partial charge in [0.2, 0.25) is 0 Å². The third-order valence-corrected chi connectivity index (χ3v) is 4.23. The number of rotatable bonds is 6. The first kappa shape index (κ1) is 17.8. The fourth-order valence-electron chi connectivity index (χ4n) is 2.89. The zero-order valence-corrected chi connectivity index (χ0v) is 14.7. The van der Waals surface area contributed by atoms with Crippen molar-refractivity contribution in [1.29, 1.82) is 0 Å². The lowest BCUT2D eigenvalue weighted by Crippen LogP contribution is -2.26. The van der Waals surface area contributed by atoms with Gasteiger partial charge >= 0.3 is 5.97 Å². The Balaban J connectivity index is 1.57. The summed E-state index contributed by atoms with van der Waals surface area (Å²) in [6.07, 6.45) is 1.78. The Bertz CT molecular complexity index is 808. The topological polar surface area (TPSA) is 49.1 Å². The normalized spacial score (nSPS) is 15.3. The number of carbonyl (C=O) groups excluding carboxylic acids is 1. The first-order valence-electron chi connectivity index (χ1n) is 8.72. The Kier molecular flexibility index (Phi) is 5.75. The number of esters is 1. The van der Waals surface area contributed by atoms with Crippen LogP contribution in [0.4, 0.5) is 5.69 Å². The van der Waals surface area contributed by atoms with Crippen LogP contribution in [0.5, 0.6) is 11.5 Å². The molecule has 0 aromatic heterocycles. The molecule has 134 valence electrons. The summed E-state index contributed by atoms with van der Waals surface area (Å²) in [4.78, 5) is 15.0. The number of aryl methyl sites for hydroxylation is 1. The van der Waals surface area contributed by atoms with Crippen LogP contribution in [0.3, 0.4) is 0 Å². The van der Waals surface area contributed by atoms with E-state index in [4.69, 9.17) is 20.8 Å². The molecule has 0 aliphatic carbocycles. The van der Waals surface area contributed by atoms with Crippen molar-refractivity contribution in [3.05, 3.63) is 65.0 Å². The van der Waals surface area contributed by atoms with E-state index < -0.39 is 0 Å². The van der Waals surface area contributed by atoms with Crippen LogP contribution < -0.4 is 9.47 Å². The van der Waals surface area contributed by atoms with Gasteiger partial charge in [-0.3, -0.25) is 4.79 Å². The molecule has 1 aliphatic rings. The minimum Gasteiger partial charge on any atom is -0.490 e. The van der Waals surface area contributed by atoms with Crippen LogP contribution >= 0.6 is 0 Å². The van der Waals surface area contributed by atoms with Gasteiger partial charge in [-0.2, -0.15) is 0 Å². The highest BCUT2D eigenvalue weighted by Crippen LogP contribution is 2.32. The quantitative estimate of drug-likeness (QED) is 0.569. The van der Waals surface area contributed by atoms with Crippen molar-refractivity contribution in [1.82, 2.24) is 0 Å². The molecule has 26 heavy (non-hydrogen) atoms. The van der Waals surface area contributed by atoms with E-state index in [9.17, 15) is 4.79 Å². The standard InChI is InChI=1S/C21H21NO4/c1-3-24-21(23)13-19-9-6-16-12-18(10-11-20(16)26-19)25-14-15-4-7-17(22-2)8-5-15/h4-5,7-8,10-12,19H,3,6,9,13-14H2,1H3. The Morgan fingerprint density at radius 3 is 2.81 bits per heavy atom. The highest BCUT2D eigenvalue weighted by molar-refractivity contribution is 5.70.